The highest BCUT2D eigenvalue weighted by molar-refractivity contribution is 5.98. The van der Waals surface area contributed by atoms with E-state index in [1.54, 1.807) is 42.5 Å². The summed E-state index contributed by atoms with van der Waals surface area (Å²) in [5, 5.41) is 2.29. The molecule has 0 atom stereocenters. The van der Waals surface area contributed by atoms with E-state index in [0.29, 0.717) is 17.2 Å². The molecule has 6 nitrogen and oxygen atoms in total. The summed E-state index contributed by atoms with van der Waals surface area (Å²) in [5.41, 5.74) is 1.77. The third-order valence-electron chi connectivity index (χ3n) is 5.00. The minimum Gasteiger partial charge on any atom is -0.456 e. The number of benzene rings is 2. The maximum absolute atomic E-state index is 12.2. The second kappa shape index (κ2) is 10.4. The molecule has 0 spiro atoms. The molecule has 2 aromatic rings. The van der Waals surface area contributed by atoms with Crippen molar-refractivity contribution in [2.75, 3.05) is 13.2 Å². The number of carbonyl (C=O) groups is 3. The lowest BCUT2D eigenvalue weighted by Crippen LogP contribution is -2.33. The Kier molecular flexibility index (Phi) is 7.39. The van der Waals surface area contributed by atoms with Crippen LogP contribution in [0.15, 0.2) is 54.6 Å². The molecule has 0 heterocycles. The fourth-order valence-corrected chi connectivity index (χ4v) is 3.43. The molecule has 0 bridgehead atoms. The maximum atomic E-state index is 12.2. The third-order valence-corrected chi connectivity index (χ3v) is 5.00. The minimum absolute atomic E-state index is 0.277. The van der Waals surface area contributed by atoms with Crippen molar-refractivity contribution in [3.63, 3.8) is 0 Å². The highest BCUT2D eigenvalue weighted by Crippen LogP contribution is 2.32. The quantitative estimate of drug-likeness (QED) is 0.560. The number of hydrogen-bond acceptors (Lipinski definition) is 5. The van der Waals surface area contributed by atoms with E-state index < -0.39 is 12.1 Å². The van der Waals surface area contributed by atoms with Crippen molar-refractivity contribution in [1.29, 1.82) is 0 Å². The number of carbonyl (C=O) groups excluding carboxylic acids is 3. The smallest absolute Gasteiger partial charge is 0.413 e. The number of para-hydroxylation sites is 1. The zero-order valence-electron chi connectivity index (χ0n) is 16.3. The summed E-state index contributed by atoms with van der Waals surface area (Å²) in [4.78, 5) is 35.6. The van der Waals surface area contributed by atoms with E-state index in [0.717, 1.165) is 0 Å². The Morgan fingerprint density at radius 2 is 1.59 bits per heavy atom. The van der Waals surface area contributed by atoms with Gasteiger partial charge in [0.15, 0.2) is 12.4 Å². The van der Waals surface area contributed by atoms with E-state index in [1.165, 1.54) is 37.7 Å². The van der Waals surface area contributed by atoms with Crippen LogP contribution >= 0.6 is 0 Å². The van der Waals surface area contributed by atoms with Crippen molar-refractivity contribution in [3.8, 4) is 5.75 Å². The number of nitrogens with one attached hydrogen (secondary N) is 1. The van der Waals surface area contributed by atoms with E-state index in [4.69, 9.17) is 9.47 Å². The van der Waals surface area contributed by atoms with Crippen molar-refractivity contribution >= 4 is 17.8 Å². The van der Waals surface area contributed by atoms with Crippen LogP contribution in [0.4, 0.5) is 4.79 Å². The molecule has 1 saturated carbocycles. The summed E-state index contributed by atoms with van der Waals surface area (Å²) in [5.74, 6) is -0.0414. The summed E-state index contributed by atoms with van der Waals surface area (Å²) in [6, 6.07) is 16.0. The monoisotopic (exact) mass is 395 g/mol. The molecule has 0 unspecified atom stereocenters. The Hall–Kier alpha value is -3.15. The number of Topliss-reactive ketones (excluding diaryl/α,β-unsaturated/α-hetero) is 1. The fraction of sp³-hybridized carbons (Fsp3) is 0.348. The minimum atomic E-state index is -0.766. The van der Waals surface area contributed by atoms with E-state index in [2.05, 4.69) is 5.32 Å². The molecule has 0 saturated heterocycles. The van der Waals surface area contributed by atoms with Gasteiger partial charge in [0.25, 0.3) is 0 Å². The van der Waals surface area contributed by atoms with Gasteiger partial charge >= 0.3 is 12.1 Å². The number of amides is 1. The van der Waals surface area contributed by atoms with E-state index in [9.17, 15) is 14.4 Å². The Labute approximate surface area is 170 Å². The molecule has 1 aliphatic rings. The Morgan fingerprint density at radius 3 is 2.28 bits per heavy atom. The van der Waals surface area contributed by atoms with Crippen LogP contribution < -0.4 is 10.1 Å². The number of ketones is 1. The predicted molar refractivity (Wildman–Crippen MR) is 108 cm³/mol. The highest BCUT2D eigenvalue weighted by Gasteiger charge is 2.16. The van der Waals surface area contributed by atoms with Gasteiger partial charge < -0.3 is 14.8 Å². The van der Waals surface area contributed by atoms with Gasteiger partial charge in [0.2, 0.25) is 0 Å². The van der Waals surface area contributed by atoms with Gasteiger partial charge in [0.1, 0.15) is 12.3 Å². The first-order valence-electron chi connectivity index (χ1n) is 9.91. The highest BCUT2D eigenvalue weighted by atomic mass is 16.6. The molecule has 1 fully saturated rings. The van der Waals surface area contributed by atoms with E-state index >= 15 is 0 Å². The molecule has 0 aliphatic heterocycles. The molecule has 2 aromatic carbocycles. The van der Waals surface area contributed by atoms with Gasteiger partial charge in [-0.25, -0.2) is 4.79 Å². The molecule has 1 amide bonds. The van der Waals surface area contributed by atoms with Crippen molar-refractivity contribution < 1.29 is 23.9 Å². The second-order valence-electron chi connectivity index (χ2n) is 7.10. The molecule has 152 valence electrons. The Bertz CT molecular complexity index is 826. The lowest BCUT2D eigenvalue weighted by atomic mass is 9.84. The van der Waals surface area contributed by atoms with Gasteiger partial charge in [-0.1, -0.05) is 61.7 Å². The van der Waals surface area contributed by atoms with Crippen LogP contribution in [0, 0.1) is 0 Å². The van der Waals surface area contributed by atoms with Crippen LogP contribution in [0.2, 0.25) is 0 Å². The molecular weight excluding hydrogens is 370 g/mol. The van der Waals surface area contributed by atoms with Gasteiger partial charge in [-0.2, -0.15) is 0 Å². The van der Waals surface area contributed by atoms with Crippen LogP contribution in [0.1, 0.15) is 53.9 Å². The lowest BCUT2D eigenvalue weighted by Gasteiger charge is -2.22. The molecule has 0 radical (unpaired) electrons. The average molecular weight is 395 g/mol. The van der Waals surface area contributed by atoms with Gasteiger partial charge in [0.05, 0.1) is 0 Å². The van der Waals surface area contributed by atoms with Crippen molar-refractivity contribution in [1.82, 2.24) is 5.32 Å². The van der Waals surface area contributed by atoms with E-state index in [1.807, 2.05) is 12.1 Å². The number of ether oxygens (including phenoxy) is 2. The van der Waals surface area contributed by atoms with Gasteiger partial charge in [0, 0.05) is 5.56 Å². The van der Waals surface area contributed by atoms with Crippen LogP contribution in [0.25, 0.3) is 0 Å². The average Bonchev–Trinajstić information content (AvgIpc) is 2.77. The first-order valence-corrected chi connectivity index (χ1v) is 9.91. The van der Waals surface area contributed by atoms with Crippen molar-refractivity contribution in [2.24, 2.45) is 0 Å². The molecule has 6 heteroatoms. The zero-order valence-corrected chi connectivity index (χ0v) is 16.3. The SMILES string of the molecule is O=C(CNC(=O)Oc1ccccc1)OCC(=O)c1ccc(C2CCCCC2)cc1. The lowest BCUT2D eigenvalue weighted by molar-refractivity contribution is -0.141. The normalized spacial score (nSPS) is 14.1. The summed E-state index contributed by atoms with van der Waals surface area (Å²) < 4.78 is 9.94. The summed E-state index contributed by atoms with van der Waals surface area (Å²) in [6.07, 6.45) is 5.45. The Balaban J connectivity index is 1.39. The van der Waals surface area contributed by atoms with Crippen molar-refractivity contribution in [3.05, 3.63) is 65.7 Å². The molecule has 0 aromatic heterocycles. The standard InChI is InChI=1S/C23H25NO5/c25-21(19-13-11-18(12-14-19)17-7-3-1-4-8-17)16-28-22(26)15-24-23(27)29-20-9-5-2-6-10-20/h2,5-6,9-14,17H,1,3-4,7-8,15-16H2,(H,24,27). The fourth-order valence-electron chi connectivity index (χ4n) is 3.43. The molecule has 1 N–H and O–H groups in total. The first-order chi connectivity index (χ1) is 14.1. The third kappa shape index (κ3) is 6.45. The van der Waals surface area contributed by atoms with Crippen LogP contribution in [0.5, 0.6) is 5.75 Å². The number of rotatable bonds is 7. The number of esters is 1. The van der Waals surface area contributed by atoms with Gasteiger partial charge in [-0.15, -0.1) is 0 Å². The molecule has 3 rings (SSSR count). The number of hydrogen-bond donors (Lipinski definition) is 1. The summed E-state index contributed by atoms with van der Waals surface area (Å²) in [7, 11) is 0. The van der Waals surface area contributed by atoms with Gasteiger partial charge in [-0.3, -0.25) is 9.59 Å². The predicted octanol–water partition coefficient (Wildman–Crippen LogP) is 4.25. The topological polar surface area (TPSA) is 81.7 Å². The largest absolute Gasteiger partial charge is 0.456 e. The van der Waals surface area contributed by atoms with E-state index in [-0.39, 0.29) is 18.9 Å². The van der Waals surface area contributed by atoms with Crippen LogP contribution in [-0.2, 0) is 9.53 Å². The first kappa shape index (κ1) is 20.6. The van der Waals surface area contributed by atoms with Crippen LogP contribution in [0.3, 0.4) is 0 Å². The zero-order chi connectivity index (χ0) is 20.5. The van der Waals surface area contributed by atoms with Crippen molar-refractivity contribution in [2.45, 2.75) is 38.0 Å². The van der Waals surface area contributed by atoms with Gasteiger partial charge in [-0.05, 0) is 36.5 Å². The van der Waals surface area contributed by atoms with Crippen LogP contribution in [-0.4, -0.2) is 31.0 Å². The summed E-state index contributed by atoms with van der Waals surface area (Å²) >= 11 is 0. The maximum Gasteiger partial charge on any atom is 0.413 e. The summed E-state index contributed by atoms with van der Waals surface area (Å²) in [6.45, 7) is -0.739. The second-order valence-corrected chi connectivity index (χ2v) is 7.10. The molecule has 29 heavy (non-hydrogen) atoms. The Morgan fingerprint density at radius 1 is 0.897 bits per heavy atom. The molecular formula is C23H25NO5. The molecule has 1 aliphatic carbocycles.